The summed E-state index contributed by atoms with van der Waals surface area (Å²) in [5.74, 6) is 2.42. The molecule has 0 radical (unpaired) electrons. The summed E-state index contributed by atoms with van der Waals surface area (Å²) in [5, 5.41) is 3.48. The Balaban J connectivity index is 2.34. The van der Waals surface area contributed by atoms with E-state index in [1.54, 1.807) is 14.2 Å². The van der Waals surface area contributed by atoms with Gasteiger partial charge in [-0.1, -0.05) is 6.07 Å². The highest BCUT2D eigenvalue weighted by atomic mass is 16.5. The summed E-state index contributed by atoms with van der Waals surface area (Å²) in [5.41, 5.74) is 1.23. The second kappa shape index (κ2) is 5.41. The standard InChI is InChI=1S/C14H21NO2/c1-10-9-11(7-8-15-10)14-12(16-2)5-4-6-13(14)17-3/h4-6,10-11,15H,7-9H2,1-3H3. The van der Waals surface area contributed by atoms with Crippen molar-refractivity contribution >= 4 is 0 Å². The number of hydrogen-bond acceptors (Lipinski definition) is 3. The lowest BCUT2D eigenvalue weighted by Gasteiger charge is -2.30. The van der Waals surface area contributed by atoms with Crippen LogP contribution in [0.1, 0.15) is 31.2 Å². The quantitative estimate of drug-likeness (QED) is 0.873. The van der Waals surface area contributed by atoms with E-state index >= 15 is 0 Å². The molecule has 1 aliphatic rings. The normalized spacial score (nSPS) is 24.4. The minimum atomic E-state index is 0.525. The van der Waals surface area contributed by atoms with E-state index in [4.69, 9.17) is 9.47 Å². The molecule has 3 nitrogen and oxygen atoms in total. The first kappa shape index (κ1) is 12.2. The fourth-order valence-electron chi connectivity index (χ4n) is 2.68. The summed E-state index contributed by atoms with van der Waals surface area (Å²) in [6.45, 7) is 3.29. The Labute approximate surface area is 103 Å². The summed E-state index contributed by atoms with van der Waals surface area (Å²) >= 11 is 0. The van der Waals surface area contributed by atoms with E-state index in [0.717, 1.165) is 30.9 Å². The van der Waals surface area contributed by atoms with Gasteiger partial charge in [-0.25, -0.2) is 0 Å². The van der Waals surface area contributed by atoms with Crippen LogP contribution in [0.25, 0.3) is 0 Å². The van der Waals surface area contributed by atoms with Crippen molar-refractivity contribution in [3.8, 4) is 11.5 Å². The lowest BCUT2D eigenvalue weighted by atomic mass is 9.86. The monoisotopic (exact) mass is 235 g/mol. The molecule has 0 bridgehead atoms. The van der Waals surface area contributed by atoms with Crippen molar-refractivity contribution in [1.29, 1.82) is 0 Å². The highest BCUT2D eigenvalue weighted by Gasteiger charge is 2.25. The number of methoxy groups -OCH3 is 2. The lowest BCUT2D eigenvalue weighted by Crippen LogP contribution is -2.35. The predicted octanol–water partition coefficient (Wildman–Crippen LogP) is 2.56. The first-order valence-corrected chi connectivity index (χ1v) is 6.20. The summed E-state index contributed by atoms with van der Waals surface area (Å²) in [7, 11) is 3.45. The van der Waals surface area contributed by atoms with Gasteiger partial charge >= 0.3 is 0 Å². The Morgan fingerprint density at radius 3 is 2.35 bits per heavy atom. The maximum absolute atomic E-state index is 5.48. The number of rotatable bonds is 3. The number of ether oxygens (including phenoxy) is 2. The van der Waals surface area contributed by atoms with Crippen molar-refractivity contribution in [2.75, 3.05) is 20.8 Å². The molecule has 2 rings (SSSR count). The van der Waals surface area contributed by atoms with Crippen LogP contribution < -0.4 is 14.8 Å². The first-order chi connectivity index (χ1) is 8.26. The molecule has 1 aromatic carbocycles. The zero-order chi connectivity index (χ0) is 12.3. The summed E-state index contributed by atoms with van der Waals surface area (Å²) in [6.07, 6.45) is 2.28. The molecule has 94 valence electrons. The topological polar surface area (TPSA) is 30.5 Å². The van der Waals surface area contributed by atoms with Crippen molar-refractivity contribution < 1.29 is 9.47 Å². The average Bonchev–Trinajstić information content (AvgIpc) is 2.37. The third kappa shape index (κ3) is 2.55. The smallest absolute Gasteiger partial charge is 0.126 e. The molecule has 2 atom stereocenters. The largest absolute Gasteiger partial charge is 0.496 e. The van der Waals surface area contributed by atoms with Crippen molar-refractivity contribution in [2.24, 2.45) is 0 Å². The first-order valence-electron chi connectivity index (χ1n) is 6.20. The Morgan fingerprint density at radius 1 is 1.18 bits per heavy atom. The van der Waals surface area contributed by atoms with E-state index in [2.05, 4.69) is 12.2 Å². The minimum absolute atomic E-state index is 0.525. The van der Waals surface area contributed by atoms with Gasteiger partial charge in [0.1, 0.15) is 11.5 Å². The van der Waals surface area contributed by atoms with E-state index in [-0.39, 0.29) is 0 Å². The Kier molecular flexibility index (Phi) is 3.89. The van der Waals surface area contributed by atoms with Crippen LogP contribution in [-0.4, -0.2) is 26.8 Å². The van der Waals surface area contributed by atoms with Gasteiger partial charge in [0.05, 0.1) is 14.2 Å². The van der Waals surface area contributed by atoms with Gasteiger partial charge in [0, 0.05) is 11.6 Å². The van der Waals surface area contributed by atoms with E-state index in [1.807, 2.05) is 18.2 Å². The fourth-order valence-corrected chi connectivity index (χ4v) is 2.68. The minimum Gasteiger partial charge on any atom is -0.496 e. The zero-order valence-electron chi connectivity index (χ0n) is 10.8. The van der Waals surface area contributed by atoms with Crippen LogP contribution in [0.5, 0.6) is 11.5 Å². The molecular weight excluding hydrogens is 214 g/mol. The Hall–Kier alpha value is -1.22. The molecule has 1 aliphatic heterocycles. The van der Waals surface area contributed by atoms with Gasteiger partial charge in [-0.15, -0.1) is 0 Å². The van der Waals surface area contributed by atoms with E-state index in [0.29, 0.717) is 12.0 Å². The van der Waals surface area contributed by atoms with Gasteiger partial charge in [-0.3, -0.25) is 0 Å². The van der Waals surface area contributed by atoms with Crippen molar-refractivity contribution in [3.05, 3.63) is 23.8 Å². The molecule has 1 fully saturated rings. The molecule has 1 N–H and O–H groups in total. The molecule has 1 saturated heterocycles. The number of hydrogen-bond donors (Lipinski definition) is 1. The summed E-state index contributed by atoms with van der Waals surface area (Å²) in [4.78, 5) is 0. The number of benzene rings is 1. The van der Waals surface area contributed by atoms with Gasteiger partial charge in [0.25, 0.3) is 0 Å². The van der Waals surface area contributed by atoms with Crippen LogP contribution in [0.2, 0.25) is 0 Å². The SMILES string of the molecule is COc1cccc(OC)c1C1CCNC(C)C1. The highest BCUT2D eigenvalue weighted by Crippen LogP contribution is 2.40. The van der Waals surface area contributed by atoms with Crippen molar-refractivity contribution in [1.82, 2.24) is 5.32 Å². The van der Waals surface area contributed by atoms with Gasteiger partial charge in [-0.05, 0) is 44.4 Å². The lowest BCUT2D eigenvalue weighted by molar-refractivity contribution is 0.341. The predicted molar refractivity (Wildman–Crippen MR) is 69.0 cm³/mol. The van der Waals surface area contributed by atoms with Crippen LogP contribution in [0.4, 0.5) is 0 Å². The molecule has 2 unspecified atom stereocenters. The molecule has 17 heavy (non-hydrogen) atoms. The Bertz CT molecular complexity index is 356. The molecule has 1 aromatic rings. The molecule has 0 saturated carbocycles. The van der Waals surface area contributed by atoms with Crippen LogP contribution in [0.3, 0.4) is 0 Å². The van der Waals surface area contributed by atoms with Crippen LogP contribution in [-0.2, 0) is 0 Å². The van der Waals surface area contributed by atoms with Gasteiger partial charge in [-0.2, -0.15) is 0 Å². The van der Waals surface area contributed by atoms with E-state index < -0.39 is 0 Å². The third-order valence-electron chi connectivity index (χ3n) is 3.50. The molecule has 0 aromatic heterocycles. The molecule has 0 aliphatic carbocycles. The third-order valence-corrected chi connectivity index (χ3v) is 3.50. The molecular formula is C14H21NO2. The second-order valence-corrected chi connectivity index (χ2v) is 4.65. The van der Waals surface area contributed by atoms with Gasteiger partial charge in [0.2, 0.25) is 0 Å². The number of piperidine rings is 1. The number of nitrogens with one attached hydrogen (secondary N) is 1. The van der Waals surface area contributed by atoms with Crippen LogP contribution in [0, 0.1) is 0 Å². The van der Waals surface area contributed by atoms with Gasteiger partial charge < -0.3 is 14.8 Å². The van der Waals surface area contributed by atoms with E-state index in [1.165, 1.54) is 5.56 Å². The highest BCUT2D eigenvalue weighted by molar-refractivity contribution is 5.47. The van der Waals surface area contributed by atoms with Crippen molar-refractivity contribution in [3.63, 3.8) is 0 Å². The van der Waals surface area contributed by atoms with Crippen LogP contribution >= 0.6 is 0 Å². The van der Waals surface area contributed by atoms with Crippen molar-refractivity contribution in [2.45, 2.75) is 31.7 Å². The van der Waals surface area contributed by atoms with E-state index in [9.17, 15) is 0 Å². The maximum atomic E-state index is 5.48. The summed E-state index contributed by atoms with van der Waals surface area (Å²) in [6, 6.07) is 6.57. The summed E-state index contributed by atoms with van der Waals surface area (Å²) < 4.78 is 11.0. The molecule has 3 heteroatoms. The zero-order valence-corrected chi connectivity index (χ0v) is 10.8. The Morgan fingerprint density at radius 2 is 1.82 bits per heavy atom. The molecule has 0 amide bonds. The fraction of sp³-hybridized carbons (Fsp3) is 0.571. The van der Waals surface area contributed by atoms with Crippen LogP contribution in [0.15, 0.2) is 18.2 Å². The maximum Gasteiger partial charge on any atom is 0.126 e. The second-order valence-electron chi connectivity index (χ2n) is 4.65. The van der Waals surface area contributed by atoms with Gasteiger partial charge in [0.15, 0.2) is 0 Å². The average molecular weight is 235 g/mol. The molecule has 1 heterocycles. The molecule has 0 spiro atoms.